The maximum absolute atomic E-state index is 12.6. The third-order valence-corrected chi connectivity index (χ3v) is 6.11. The molecule has 2 saturated carbocycles. The summed E-state index contributed by atoms with van der Waals surface area (Å²) >= 11 is 12.1. The van der Waals surface area contributed by atoms with E-state index in [4.69, 9.17) is 23.2 Å². The second-order valence-corrected chi connectivity index (χ2v) is 7.89. The van der Waals surface area contributed by atoms with Gasteiger partial charge in [0, 0.05) is 11.1 Å². The van der Waals surface area contributed by atoms with E-state index in [1.807, 2.05) is 0 Å². The molecule has 23 heavy (non-hydrogen) atoms. The van der Waals surface area contributed by atoms with E-state index < -0.39 is 0 Å². The van der Waals surface area contributed by atoms with Gasteiger partial charge in [-0.3, -0.25) is 4.79 Å². The van der Waals surface area contributed by atoms with Gasteiger partial charge in [-0.15, -0.1) is 0 Å². The highest BCUT2D eigenvalue weighted by atomic mass is 35.5. The molecule has 4 heteroatoms. The summed E-state index contributed by atoms with van der Waals surface area (Å²) in [6.45, 7) is 0. The van der Waals surface area contributed by atoms with Crippen LogP contribution in [0.4, 0.5) is 0 Å². The molecular weight excluding hydrogens is 329 g/mol. The minimum atomic E-state index is -0.0561. The van der Waals surface area contributed by atoms with Crippen LogP contribution < -0.4 is 5.32 Å². The summed E-state index contributed by atoms with van der Waals surface area (Å²) < 4.78 is 0. The molecule has 1 N–H and O–H groups in total. The molecule has 0 heterocycles. The van der Waals surface area contributed by atoms with Crippen molar-refractivity contribution in [2.24, 2.45) is 11.8 Å². The maximum Gasteiger partial charge on any atom is 0.253 e. The molecule has 0 radical (unpaired) electrons. The smallest absolute Gasteiger partial charge is 0.253 e. The van der Waals surface area contributed by atoms with E-state index in [-0.39, 0.29) is 5.91 Å². The zero-order valence-corrected chi connectivity index (χ0v) is 15.0. The number of halogens is 2. The van der Waals surface area contributed by atoms with E-state index in [9.17, 15) is 4.79 Å². The molecule has 0 saturated heterocycles. The van der Waals surface area contributed by atoms with Crippen LogP contribution in [-0.2, 0) is 0 Å². The third kappa shape index (κ3) is 4.22. The van der Waals surface area contributed by atoms with Crippen LogP contribution in [0.5, 0.6) is 0 Å². The normalized spacial score (nSPS) is 26.0. The fraction of sp³-hybridized carbons (Fsp3) is 0.632. The van der Waals surface area contributed by atoms with Gasteiger partial charge in [-0.1, -0.05) is 68.1 Å². The molecule has 1 aromatic carbocycles. The molecule has 0 bridgehead atoms. The lowest BCUT2D eigenvalue weighted by Crippen LogP contribution is -2.45. The molecule has 2 nitrogen and oxygen atoms in total. The minimum Gasteiger partial charge on any atom is -0.349 e. The lowest BCUT2D eigenvalue weighted by Gasteiger charge is -2.39. The van der Waals surface area contributed by atoms with Crippen molar-refractivity contribution in [2.75, 3.05) is 0 Å². The predicted molar refractivity (Wildman–Crippen MR) is 96.2 cm³/mol. The van der Waals surface area contributed by atoms with Gasteiger partial charge >= 0.3 is 0 Å². The Morgan fingerprint density at radius 1 is 0.957 bits per heavy atom. The Morgan fingerprint density at radius 3 is 2.39 bits per heavy atom. The second kappa shape index (κ2) is 7.90. The Balaban J connectivity index is 1.69. The summed E-state index contributed by atoms with van der Waals surface area (Å²) in [4.78, 5) is 12.6. The molecule has 1 amide bonds. The van der Waals surface area contributed by atoms with Crippen LogP contribution in [0, 0.1) is 11.8 Å². The molecule has 2 atom stereocenters. The van der Waals surface area contributed by atoms with Gasteiger partial charge in [-0.25, -0.2) is 0 Å². The van der Waals surface area contributed by atoms with E-state index in [0.717, 1.165) is 12.3 Å². The number of amides is 1. The zero-order valence-electron chi connectivity index (χ0n) is 13.5. The number of nitrogens with one attached hydrogen (secondary N) is 1. The van der Waals surface area contributed by atoms with Crippen LogP contribution in [0.15, 0.2) is 18.2 Å². The number of carbonyl (C=O) groups is 1. The number of carbonyl (C=O) groups excluding carboxylic acids is 1. The first kappa shape index (κ1) is 17.1. The predicted octanol–water partition coefficient (Wildman–Crippen LogP) is 5.86. The van der Waals surface area contributed by atoms with Crippen molar-refractivity contribution < 1.29 is 4.79 Å². The van der Waals surface area contributed by atoms with E-state index in [2.05, 4.69) is 5.32 Å². The summed E-state index contributed by atoms with van der Waals surface area (Å²) in [6, 6.07) is 5.38. The van der Waals surface area contributed by atoms with Crippen molar-refractivity contribution in [3.63, 3.8) is 0 Å². The number of hydrogen-bond acceptors (Lipinski definition) is 1. The molecule has 2 aliphatic carbocycles. The van der Waals surface area contributed by atoms with Gasteiger partial charge < -0.3 is 5.32 Å². The van der Waals surface area contributed by atoms with Gasteiger partial charge in [0.05, 0.1) is 10.6 Å². The molecule has 0 aromatic heterocycles. The zero-order chi connectivity index (χ0) is 16.2. The van der Waals surface area contributed by atoms with Crippen molar-refractivity contribution in [3.8, 4) is 0 Å². The molecule has 0 spiro atoms. The Labute approximate surface area is 148 Å². The molecule has 3 rings (SSSR count). The SMILES string of the molecule is O=C(N[C@H]1CCCC[C@H]1C1CCCCC1)c1ccc(Cl)cc1Cl. The summed E-state index contributed by atoms with van der Waals surface area (Å²) in [5.41, 5.74) is 0.532. The van der Waals surface area contributed by atoms with Gasteiger partial charge in [0.25, 0.3) is 5.91 Å². The van der Waals surface area contributed by atoms with E-state index in [0.29, 0.717) is 27.6 Å². The Hall–Kier alpha value is -0.730. The van der Waals surface area contributed by atoms with Crippen LogP contribution in [0.25, 0.3) is 0 Å². The van der Waals surface area contributed by atoms with Gasteiger partial charge in [0.1, 0.15) is 0 Å². The summed E-state index contributed by atoms with van der Waals surface area (Å²) in [7, 11) is 0. The first-order chi connectivity index (χ1) is 11.1. The lowest BCUT2D eigenvalue weighted by atomic mass is 9.71. The van der Waals surface area contributed by atoms with Gasteiger partial charge in [0.15, 0.2) is 0 Å². The third-order valence-electron chi connectivity index (χ3n) is 5.57. The Bertz CT molecular complexity index is 554. The molecule has 1 aromatic rings. The molecule has 2 aliphatic rings. The summed E-state index contributed by atoms with van der Waals surface area (Å²) in [5, 5.41) is 4.27. The van der Waals surface area contributed by atoms with Crippen LogP contribution in [0.3, 0.4) is 0 Å². The number of rotatable bonds is 3. The maximum atomic E-state index is 12.6. The highest BCUT2D eigenvalue weighted by Crippen LogP contribution is 2.38. The topological polar surface area (TPSA) is 29.1 Å². The Kier molecular flexibility index (Phi) is 5.87. The van der Waals surface area contributed by atoms with E-state index in [1.54, 1.807) is 18.2 Å². The molecule has 0 unspecified atom stereocenters. The highest BCUT2D eigenvalue weighted by Gasteiger charge is 2.33. The van der Waals surface area contributed by atoms with Crippen LogP contribution >= 0.6 is 23.2 Å². The second-order valence-electron chi connectivity index (χ2n) is 7.05. The van der Waals surface area contributed by atoms with Gasteiger partial charge in [-0.05, 0) is 42.9 Å². The summed E-state index contributed by atoms with van der Waals surface area (Å²) in [5.74, 6) is 1.37. The number of hydrogen-bond donors (Lipinski definition) is 1. The summed E-state index contributed by atoms with van der Waals surface area (Å²) in [6.07, 6.45) is 11.6. The van der Waals surface area contributed by atoms with Crippen molar-refractivity contribution in [1.29, 1.82) is 0 Å². The van der Waals surface area contributed by atoms with Crippen molar-refractivity contribution >= 4 is 29.1 Å². The van der Waals surface area contributed by atoms with E-state index in [1.165, 1.54) is 51.4 Å². The highest BCUT2D eigenvalue weighted by molar-refractivity contribution is 6.36. The van der Waals surface area contributed by atoms with Gasteiger partial charge in [0.2, 0.25) is 0 Å². The monoisotopic (exact) mass is 353 g/mol. The average molecular weight is 354 g/mol. The van der Waals surface area contributed by atoms with Crippen LogP contribution in [-0.4, -0.2) is 11.9 Å². The fourth-order valence-electron chi connectivity index (χ4n) is 4.39. The first-order valence-electron chi connectivity index (χ1n) is 8.91. The van der Waals surface area contributed by atoms with E-state index >= 15 is 0 Å². The largest absolute Gasteiger partial charge is 0.349 e. The van der Waals surface area contributed by atoms with Crippen molar-refractivity contribution in [2.45, 2.75) is 63.8 Å². The van der Waals surface area contributed by atoms with Crippen molar-refractivity contribution in [3.05, 3.63) is 33.8 Å². The molecule has 126 valence electrons. The number of benzene rings is 1. The van der Waals surface area contributed by atoms with Crippen molar-refractivity contribution in [1.82, 2.24) is 5.32 Å². The minimum absolute atomic E-state index is 0.0561. The van der Waals surface area contributed by atoms with Crippen LogP contribution in [0.1, 0.15) is 68.1 Å². The standard InChI is InChI=1S/C19H25Cl2NO/c20-14-10-11-16(17(21)12-14)19(23)22-18-9-5-4-8-15(18)13-6-2-1-3-7-13/h10-13,15,18H,1-9H2,(H,22,23)/t15-,18-/m0/s1. The van der Waals surface area contributed by atoms with Crippen LogP contribution in [0.2, 0.25) is 10.0 Å². The molecule has 0 aliphatic heterocycles. The first-order valence-corrected chi connectivity index (χ1v) is 9.66. The average Bonchev–Trinajstić information content (AvgIpc) is 2.56. The lowest BCUT2D eigenvalue weighted by molar-refractivity contribution is 0.0859. The quantitative estimate of drug-likeness (QED) is 0.723. The Morgan fingerprint density at radius 2 is 1.65 bits per heavy atom. The molecular formula is C19H25Cl2NO. The molecule has 2 fully saturated rings. The fourth-order valence-corrected chi connectivity index (χ4v) is 4.88. The van der Waals surface area contributed by atoms with Gasteiger partial charge in [-0.2, -0.15) is 0 Å².